The number of ether oxygens (including phenoxy) is 1. The third-order valence-electron chi connectivity index (χ3n) is 1.93. The van der Waals surface area contributed by atoms with E-state index >= 15 is 0 Å². The van der Waals surface area contributed by atoms with Crippen LogP contribution >= 0.6 is 0 Å². The number of halogens is 3. The zero-order chi connectivity index (χ0) is 12.2. The van der Waals surface area contributed by atoms with Crippen LogP contribution in [0.4, 0.5) is 18.9 Å². The molecule has 88 valence electrons. The molecular formula is C9H11BF3NO2. The number of anilines is 1. The van der Waals surface area contributed by atoms with Gasteiger partial charge in [-0.15, -0.1) is 0 Å². The predicted octanol–water partition coefficient (Wildman–Crippen LogP) is 2.04. The van der Waals surface area contributed by atoms with Gasteiger partial charge in [-0.05, 0) is 18.2 Å². The zero-order valence-electron chi connectivity index (χ0n) is 8.89. The van der Waals surface area contributed by atoms with Crippen LogP contribution in [0.2, 0.25) is 0 Å². The van der Waals surface area contributed by atoms with E-state index in [1.165, 1.54) is 26.4 Å². The van der Waals surface area contributed by atoms with Crippen molar-refractivity contribution >= 4 is 13.3 Å². The average molecular weight is 233 g/mol. The number of hydrogen-bond acceptors (Lipinski definition) is 3. The van der Waals surface area contributed by atoms with Gasteiger partial charge in [0.1, 0.15) is 5.75 Å². The molecule has 0 atom stereocenters. The number of rotatable bonds is 4. The highest BCUT2D eigenvalue weighted by Crippen LogP contribution is 2.37. The second kappa shape index (κ2) is 5.11. The van der Waals surface area contributed by atoms with E-state index < -0.39 is 11.7 Å². The summed E-state index contributed by atoms with van der Waals surface area (Å²) in [6.45, 7) is 0. The maximum Gasteiger partial charge on any atom is 0.420 e. The first-order valence-corrected chi connectivity index (χ1v) is 4.47. The highest BCUT2D eigenvalue weighted by Gasteiger charge is 2.34. The van der Waals surface area contributed by atoms with Gasteiger partial charge >= 0.3 is 13.8 Å². The molecule has 1 aromatic carbocycles. The summed E-state index contributed by atoms with van der Waals surface area (Å²) >= 11 is 0. The highest BCUT2D eigenvalue weighted by atomic mass is 19.4. The molecule has 0 amide bonds. The van der Waals surface area contributed by atoms with Crippen LogP contribution in [0.3, 0.4) is 0 Å². The largest absolute Gasteiger partial charge is 0.496 e. The molecule has 1 rings (SSSR count). The van der Waals surface area contributed by atoms with E-state index in [2.05, 4.69) is 9.96 Å². The van der Waals surface area contributed by atoms with Crippen molar-refractivity contribution in [1.82, 2.24) is 0 Å². The van der Waals surface area contributed by atoms with Crippen molar-refractivity contribution < 1.29 is 22.6 Å². The summed E-state index contributed by atoms with van der Waals surface area (Å²) in [5, 5.41) is 2.68. The van der Waals surface area contributed by atoms with Crippen molar-refractivity contribution in [2.75, 3.05) is 19.4 Å². The van der Waals surface area contributed by atoms with Gasteiger partial charge in [-0.2, -0.15) is 13.2 Å². The van der Waals surface area contributed by atoms with E-state index in [0.29, 0.717) is 5.69 Å². The van der Waals surface area contributed by atoms with Gasteiger partial charge in [0.25, 0.3) is 0 Å². The first-order chi connectivity index (χ1) is 7.49. The number of alkyl halides is 3. The molecule has 0 saturated heterocycles. The molecule has 1 aromatic rings. The van der Waals surface area contributed by atoms with Gasteiger partial charge in [0.15, 0.2) is 0 Å². The Balaban J connectivity index is 3.02. The Labute approximate surface area is 91.8 Å². The van der Waals surface area contributed by atoms with E-state index in [1.54, 1.807) is 0 Å². The Morgan fingerprint density at radius 3 is 2.44 bits per heavy atom. The molecule has 0 aromatic heterocycles. The Morgan fingerprint density at radius 2 is 1.94 bits per heavy atom. The molecule has 0 aliphatic rings. The van der Waals surface area contributed by atoms with E-state index in [-0.39, 0.29) is 13.4 Å². The quantitative estimate of drug-likeness (QED) is 0.807. The summed E-state index contributed by atoms with van der Waals surface area (Å²) in [4.78, 5) is 0. The fraction of sp³-hybridized carbons (Fsp3) is 0.333. The molecule has 0 heterocycles. The summed E-state index contributed by atoms with van der Waals surface area (Å²) in [6, 6.07) is 3.74. The fourth-order valence-corrected chi connectivity index (χ4v) is 1.19. The van der Waals surface area contributed by atoms with Crippen molar-refractivity contribution in [3.63, 3.8) is 0 Å². The van der Waals surface area contributed by atoms with Crippen molar-refractivity contribution in [2.24, 2.45) is 0 Å². The van der Waals surface area contributed by atoms with Crippen LogP contribution in [-0.4, -0.2) is 21.8 Å². The SMILES string of the molecule is COBNc1ccc(OC)c(C(F)(F)F)c1. The molecule has 0 saturated carbocycles. The van der Waals surface area contributed by atoms with Crippen LogP contribution in [0.1, 0.15) is 5.56 Å². The molecule has 0 aliphatic carbocycles. The van der Waals surface area contributed by atoms with Crippen LogP contribution in [0.15, 0.2) is 18.2 Å². The van der Waals surface area contributed by atoms with E-state index in [1.807, 2.05) is 0 Å². The highest BCUT2D eigenvalue weighted by molar-refractivity contribution is 6.32. The second-order valence-corrected chi connectivity index (χ2v) is 3.02. The van der Waals surface area contributed by atoms with Gasteiger partial charge in [-0.3, -0.25) is 0 Å². The van der Waals surface area contributed by atoms with Gasteiger partial charge in [-0.25, -0.2) is 0 Å². The van der Waals surface area contributed by atoms with Crippen molar-refractivity contribution in [2.45, 2.75) is 6.18 Å². The lowest BCUT2D eigenvalue weighted by Gasteiger charge is -2.13. The summed E-state index contributed by atoms with van der Waals surface area (Å²) in [5.74, 6) is -0.199. The molecule has 0 radical (unpaired) electrons. The van der Waals surface area contributed by atoms with Gasteiger partial charge in [0.05, 0.1) is 12.7 Å². The number of methoxy groups -OCH3 is 1. The molecule has 0 aliphatic heterocycles. The average Bonchev–Trinajstić information content (AvgIpc) is 2.24. The zero-order valence-corrected chi connectivity index (χ0v) is 8.89. The Bertz CT molecular complexity index is 357. The van der Waals surface area contributed by atoms with Gasteiger partial charge in [0.2, 0.25) is 0 Å². The maximum atomic E-state index is 12.6. The third kappa shape index (κ3) is 3.06. The van der Waals surface area contributed by atoms with Crippen molar-refractivity contribution in [3.8, 4) is 5.75 Å². The third-order valence-corrected chi connectivity index (χ3v) is 1.93. The van der Waals surface area contributed by atoms with Crippen LogP contribution in [0.25, 0.3) is 0 Å². The van der Waals surface area contributed by atoms with Gasteiger partial charge < -0.3 is 14.6 Å². The molecule has 0 spiro atoms. The lowest BCUT2D eigenvalue weighted by molar-refractivity contribution is -0.138. The second-order valence-electron chi connectivity index (χ2n) is 3.02. The minimum Gasteiger partial charge on any atom is -0.496 e. The van der Waals surface area contributed by atoms with E-state index in [4.69, 9.17) is 4.65 Å². The van der Waals surface area contributed by atoms with Crippen molar-refractivity contribution in [3.05, 3.63) is 23.8 Å². The van der Waals surface area contributed by atoms with Crippen LogP contribution in [-0.2, 0) is 10.8 Å². The lowest BCUT2D eigenvalue weighted by atomic mass is 10.1. The Kier molecular flexibility index (Phi) is 4.06. The smallest absolute Gasteiger partial charge is 0.420 e. The monoisotopic (exact) mass is 233 g/mol. The van der Waals surface area contributed by atoms with E-state index in [0.717, 1.165) is 6.07 Å². The number of benzene rings is 1. The molecule has 0 unspecified atom stereocenters. The predicted molar refractivity (Wildman–Crippen MR) is 55.8 cm³/mol. The van der Waals surface area contributed by atoms with Gasteiger partial charge in [-0.1, -0.05) is 0 Å². The number of nitrogens with one attached hydrogen (secondary N) is 1. The molecule has 0 fully saturated rings. The summed E-state index contributed by atoms with van der Waals surface area (Å²) in [6.07, 6.45) is -4.43. The van der Waals surface area contributed by atoms with Crippen LogP contribution in [0.5, 0.6) is 5.75 Å². The standard InChI is InChI=1S/C9H11BF3NO2/c1-15-8-4-3-6(14-10-16-2)5-7(8)9(11,12)13/h3-5,10,14H,1-2H3. The lowest BCUT2D eigenvalue weighted by Crippen LogP contribution is -2.11. The van der Waals surface area contributed by atoms with Gasteiger partial charge in [0, 0.05) is 12.8 Å². The fourth-order valence-electron chi connectivity index (χ4n) is 1.19. The van der Waals surface area contributed by atoms with E-state index in [9.17, 15) is 13.2 Å². The minimum atomic E-state index is -4.43. The Morgan fingerprint density at radius 1 is 1.25 bits per heavy atom. The van der Waals surface area contributed by atoms with Crippen molar-refractivity contribution in [1.29, 1.82) is 0 Å². The molecular weight excluding hydrogens is 222 g/mol. The first kappa shape index (κ1) is 12.7. The summed E-state index contributed by atoms with van der Waals surface area (Å²) in [7, 11) is 2.79. The first-order valence-electron chi connectivity index (χ1n) is 4.47. The normalized spacial score (nSPS) is 11.1. The molecule has 16 heavy (non-hydrogen) atoms. The minimum absolute atomic E-state index is 0.142. The Hall–Kier alpha value is -1.37. The molecule has 1 N–H and O–H groups in total. The molecule has 3 nitrogen and oxygen atoms in total. The van der Waals surface area contributed by atoms with Crippen LogP contribution in [0, 0.1) is 0 Å². The molecule has 7 heteroatoms. The van der Waals surface area contributed by atoms with Crippen LogP contribution < -0.4 is 9.96 Å². The topological polar surface area (TPSA) is 30.5 Å². The maximum absolute atomic E-state index is 12.6. The number of hydrogen-bond donors (Lipinski definition) is 1. The molecule has 0 bridgehead atoms. The summed E-state index contributed by atoms with van der Waals surface area (Å²) in [5.41, 5.74) is -0.480. The summed E-state index contributed by atoms with van der Waals surface area (Å²) < 4.78 is 47.2.